The zero-order chi connectivity index (χ0) is 11.7. The molecule has 0 spiro atoms. The Morgan fingerprint density at radius 2 is 2.06 bits per heavy atom. The Balaban J connectivity index is 1.68. The van der Waals surface area contributed by atoms with E-state index in [1.807, 2.05) is 6.07 Å². The van der Waals surface area contributed by atoms with Crippen LogP contribution in [-0.2, 0) is 0 Å². The van der Waals surface area contributed by atoms with Crippen LogP contribution in [0.5, 0.6) is 0 Å². The number of halogens is 1. The van der Waals surface area contributed by atoms with E-state index in [-0.39, 0.29) is 0 Å². The number of hydrogen-bond acceptors (Lipinski definition) is 2. The predicted octanol–water partition coefficient (Wildman–Crippen LogP) is 4.07. The van der Waals surface area contributed by atoms with Gasteiger partial charge in [-0.15, -0.1) is 0 Å². The standard InChI is InChI=1S/C14H20BrNO/c15-13-7-8-17-14(13)12-4-2-1-3-10(12)9-16-11-5-6-11/h7-8,10-12,16H,1-6,9H2. The Bertz CT molecular complexity index is 372. The molecule has 1 N–H and O–H groups in total. The quantitative estimate of drug-likeness (QED) is 0.906. The molecule has 2 saturated carbocycles. The highest BCUT2D eigenvalue weighted by Gasteiger charge is 2.31. The largest absolute Gasteiger partial charge is 0.468 e. The van der Waals surface area contributed by atoms with Crippen molar-refractivity contribution in [3.8, 4) is 0 Å². The van der Waals surface area contributed by atoms with Gasteiger partial charge in [0.25, 0.3) is 0 Å². The third-order valence-electron chi connectivity index (χ3n) is 4.14. The molecule has 0 aliphatic heterocycles. The van der Waals surface area contributed by atoms with Gasteiger partial charge in [-0.1, -0.05) is 12.8 Å². The smallest absolute Gasteiger partial charge is 0.121 e. The number of nitrogens with one attached hydrogen (secondary N) is 1. The molecular formula is C14H20BrNO. The van der Waals surface area contributed by atoms with Gasteiger partial charge in [0.15, 0.2) is 0 Å². The van der Waals surface area contributed by atoms with Crippen molar-refractivity contribution < 1.29 is 4.42 Å². The van der Waals surface area contributed by atoms with Crippen molar-refractivity contribution in [3.05, 3.63) is 22.6 Å². The normalized spacial score (nSPS) is 29.5. The summed E-state index contributed by atoms with van der Waals surface area (Å²) in [4.78, 5) is 0. The summed E-state index contributed by atoms with van der Waals surface area (Å²) >= 11 is 3.61. The highest BCUT2D eigenvalue weighted by molar-refractivity contribution is 9.10. The molecule has 2 fully saturated rings. The van der Waals surface area contributed by atoms with E-state index in [9.17, 15) is 0 Å². The molecule has 2 aliphatic rings. The van der Waals surface area contributed by atoms with Crippen LogP contribution >= 0.6 is 15.9 Å². The van der Waals surface area contributed by atoms with Gasteiger partial charge in [-0.2, -0.15) is 0 Å². The Labute approximate surface area is 111 Å². The molecule has 0 aromatic carbocycles. The molecule has 3 rings (SSSR count). The molecule has 2 nitrogen and oxygen atoms in total. The maximum atomic E-state index is 5.68. The summed E-state index contributed by atoms with van der Waals surface area (Å²) in [6.07, 6.45) is 9.91. The Morgan fingerprint density at radius 3 is 2.76 bits per heavy atom. The fourth-order valence-electron chi connectivity index (χ4n) is 2.97. The van der Waals surface area contributed by atoms with E-state index in [2.05, 4.69) is 21.2 Å². The first kappa shape index (κ1) is 11.8. The summed E-state index contributed by atoms with van der Waals surface area (Å²) in [6.45, 7) is 1.17. The molecule has 3 heteroatoms. The van der Waals surface area contributed by atoms with Gasteiger partial charge in [0, 0.05) is 12.0 Å². The van der Waals surface area contributed by atoms with Gasteiger partial charge in [-0.05, 0) is 60.1 Å². The van der Waals surface area contributed by atoms with E-state index in [1.54, 1.807) is 6.26 Å². The van der Waals surface area contributed by atoms with E-state index in [1.165, 1.54) is 50.8 Å². The summed E-state index contributed by atoms with van der Waals surface area (Å²) in [5, 5.41) is 3.68. The average Bonchev–Trinajstić information content (AvgIpc) is 3.09. The van der Waals surface area contributed by atoms with Gasteiger partial charge in [-0.3, -0.25) is 0 Å². The molecule has 2 aliphatic carbocycles. The first-order chi connectivity index (χ1) is 8.34. The van der Waals surface area contributed by atoms with Crippen LogP contribution in [-0.4, -0.2) is 12.6 Å². The van der Waals surface area contributed by atoms with Crippen LogP contribution in [0.4, 0.5) is 0 Å². The van der Waals surface area contributed by atoms with Crippen molar-refractivity contribution in [2.24, 2.45) is 5.92 Å². The van der Waals surface area contributed by atoms with Gasteiger partial charge in [0.2, 0.25) is 0 Å². The minimum absolute atomic E-state index is 0.611. The number of furan rings is 1. The Morgan fingerprint density at radius 1 is 1.24 bits per heavy atom. The molecule has 1 heterocycles. The molecule has 2 unspecified atom stereocenters. The second kappa shape index (κ2) is 5.15. The lowest BCUT2D eigenvalue weighted by atomic mass is 9.78. The minimum atomic E-state index is 0.611. The maximum Gasteiger partial charge on any atom is 0.121 e. The molecule has 0 radical (unpaired) electrons. The second-order valence-electron chi connectivity index (χ2n) is 5.47. The Kier molecular flexibility index (Phi) is 3.57. The van der Waals surface area contributed by atoms with Crippen molar-refractivity contribution >= 4 is 15.9 Å². The van der Waals surface area contributed by atoms with Gasteiger partial charge >= 0.3 is 0 Å². The van der Waals surface area contributed by atoms with Crippen molar-refractivity contribution in [3.63, 3.8) is 0 Å². The van der Waals surface area contributed by atoms with E-state index in [0.717, 1.165) is 16.4 Å². The third-order valence-corrected chi connectivity index (χ3v) is 4.79. The van der Waals surface area contributed by atoms with Crippen molar-refractivity contribution in [2.45, 2.75) is 50.5 Å². The molecule has 0 amide bonds. The zero-order valence-electron chi connectivity index (χ0n) is 10.1. The molecule has 0 saturated heterocycles. The first-order valence-corrected chi connectivity index (χ1v) is 7.60. The molecule has 0 bridgehead atoms. The van der Waals surface area contributed by atoms with Crippen molar-refractivity contribution in [1.29, 1.82) is 0 Å². The van der Waals surface area contributed by atoms with Crippen LogP contribution in [0.2, 0.25) is 0 Å². The third kappa shape index (κ3) is 2.76. The molecule has 2 atom stereocenters. The number of hydrogen-bond donors (Lipinski definition) is 1. The lowest BCUT2D eigenvalue weighted by Gasteiger charge is -2.30. The maximum absolute atomic E-state index is 5.68. The fraction of sp³-hybridized carbons (Fsp3) is 0.714. The molecule has 1 aromatic rings. The predicted molar refractivity (Wildman–Crippen MR) is 72.1 cm³/mol. The topological polar surface area (TPSA) is 25.2 Å². The lowest BCUT2D eigenvalue weighted by molar-refractivity contribution is 0.262. The van der Waals surface area contributed by atoms with Gasteiger partial charge in [0.1, 0.15) is 5.76 Å². The first-order valence-electron chi connectivity index (χ1n) is 6.81. The Hall–Kier alpha value is -0.280. The van der Waals surface area contributed by atoms with Gasteiger partial charge in [-0.25, -0.2) is 0 Å². The minimum Gasteiger partial charge on any atom is -0.468 e. The van der Waals surface area contributed by atoms with Crippen LogP contribution in [0.1, 0.15) is 50.2 Å². The van der Waals surface area contributed by atoms with Gasteiger partial charge in [0.05, 0.1) is 10.7 Å². The summed E-state index contributed by atoms with van der Waals surface area (Å²) < 4.78 is 6.84. The number of rotatable bonds is 4. The van der Waals surface area contributed by atoms with Crippen LogP contribution in [0.15, 0.2) is 21.2 Å². The molecule has 94 valence electrons. The highest BCUT2D eigenvalue weighted by Crippen LogP contribution is 2.41. The SMILES string of the molecule is Brc1ccoc1C1CCCCC1CNC1CC1. The highest BCUT2D eigenvalue weighted by atomic mass is 79.9. The molecule has 17 heavy (non-hydrogen) atoms. The van der Waals surface area contributed by atoms with Crippen LogP contribution in [0.25, 0.3) is 0 Å². The van der Waals surface area contributed by atoms with Crippen molar-refractivity contribution in [2.75, 3.05) is 6.54 Å². The molecule has 1 aromatic heterocycles. The van der Waals surface area contributed by atoms with Gasteiger partial charge < -0.3 is 9.73 Å². The average molecular weight is 298 g/mol. The summed E-state index contributed by atoms with van der Waals surface area (Å²) in [7, 11) is 0. The van der Waals surface area contributed by atoms with Crippen LogP contribution in [0, 0.1) is 5.92 Å². The molecular weight excluding hydrogens is 278 g/mol. The van der Waals surface area contributed by atoms with Crippen molar-refractivity contribution in [1.82, 2.24) is 5.32 Å². The van der Waals surface area contributed by atoms with E-state index < -0.39 is 0 Å². The summed E-state index contributed by atoms with van der Waals surface area (Å²) in [5.74, 6) is 2.54. The second-order valence-corrected chi connectivity index (χ2v) is 6.32. The zero-order valence-corrected chi connectivity index (χ0v) is 11.7. The summed E-state index contributed by atoms with van der Waals surface area (Å²) in [5.41, 5.74) is 0. The monoisotopic (exact) mass is 297 g/mol. The van der Waals surface area contributed by atoms with Crippen LogP contribution < -0.4 is 5.32 Å². The van der Waals surface area contributed by atoms with Crippen LogP contribution in [0.3, 0.4) is 0 Å². The van der Waals surface area contributed by atoms with E-state index >= 15 is 0 Å². The fourth-order valence-corrected chi connectivity index (χ4v) is 3.47. The summed E-state index contributed by atoms with van der Waals surface area (Å²) in [6, 6.07) is 2.84. The lowest BCUT2D eigenvalue weighted by Crippen LogP contribution is -2.30. The van der Waals surface area contributed by atoms with E-state index in [0.29, 0.717) is 5.92 Å². The van der Waals surface area contributed by atoms with E-state index in [4.69, 9.17) is 4.42 Å².